The van der Waals surface area contributed by atoms with Crippen LogP contribution in [0.4, 0.5) is 0 Å². The maximum absolute atomic E-state index is 13.0. The SMILES string of the molecule is COc1cc(CNC(=O)c2cccc3c4c([nH]c23)CCCC4)cc(OC)c1OC. The number of carbonyl (C=O) groups is 1. The van der Waals surface area contributed by atoms with E-state index >= 15 is 0 Å². The fourth-order valence-electron chi connectivity index (χ4n) is 4.13. The van der Waals surface area contributed by atoms with Crippen LogP contribution < -0.4 is 19.5 Å². The van der Waals surface area contributed by atoms with Crippen LogP contribution in [0.5, 0.6) is 17.2 Å². The first kappa shape index (κ1) is 19.2. The van der Waals surface area contributed by atoms with Crippen molar-refractivity contribution in [1.82, 2.24) is 10.3 Å². The number of rotatable bonds is 6. The molecule has 0 fully saturated rings. The van der Waals surface area contributed by atoms with E-state index in [4.69, 9.17) is 14.2 Å². The molecule has 1 heterocycles. The van der Waals surface area contributed by atoms with Crippen molar-refractivity contribution in [2.24, 2.45) is 0 Å². The minimum Gasteiger partial charge on any atom is -0.493 e. The predicted molar refractivity (Wildman–Crippen MR) is 112 cm³/mol. The van der Waals surface area contributed by atoms with Crippen molar-refractivity contribution in [1.29, 1.82) is 0 Å². The highest BCUT2D eigenvalue weighted by Gasteiger charge is 2.19. The van der Waals surface area contributed by atoms with E-state index in [9.17, 15) is 4.79 Å². The minimum atomic E-state index is -0.108. The summed E-state index contributed by atoms with van der Waals surface area (Å²) in [6.45, 7) is 0.354. The van der Waals surface area contributed by atoms with E-state index in [0.29, 0.717) is 29.4 Å². The van der Waals surface area contributed by atoms with Crippen LogP contribution in [0.25, 0.3) is 10.9 Å². The summed E-state index contributed by atoms with van der Waals surface area (Å²) in [6.07, 6.45) is 4.53. The molecule has 2 aromatic carbocycles. The first-order valence-electron chi connectivity index (χ1n) is 9.85. The Morgan fingerprint density at radius 3 is 2.45 bits per heavy atom. The lowest BCUT2D eigenvalue weighted by Crippen LogP contribution is -2.23. The van der Waals surface area contributed by atoms with Crippen molar-refractivity contribution in [3.63, 3.8) is 0 Å². The number of nitrogens with one attached hydrogen (secondary N) is 2. The van der Waals surface area contributed by atoms with E-state index < -0.39 is 0 Å². The van der Waals surface area contributed by atoms with Crippen LogP contribution in [0.15, 0.2) is 30.3 Å². The molecule has 1 aromatic heterocycles. The number of aromatic nitrogens is 1. The number of methoxy groups -OCH3 is 3. The quantitative estimate of drug-likeness (QED) is 0.663. The number of amides is 1. The van der Waals surface area contributed by atoms with Gasteiger partial charge in [0.25, 0.3) is 5.91 Å². The number of H-pyrrole nitrogens is 1. The average Bonchev–Trinajstić information content (AvgIpc) is 3.15. The van der Waals surface area contributed by atoms with Crippen LogP contribution >= 0.6 is 0 Å². The molecule has 0 saturated heterocycles. The fraction of sp³-hybridized carbons (Fsp3) is 0.348. The van der Waals surface area contributed by atoms with E-state index in [0.717, 1.165) is 23.9 Å². The van der Waals surface area contributed by atoms with Crippen molar-refractivity contribution in [3.05, 3.63) is 52.7 Å². The van der Waals surface area contributed by atoms with Gasteiger partial charge in [-0.3, -0.25) is 4.79 Å². The zero-order chi connectivity index (χ0) is 20.4. The van der Waals surface area contributed by atoms with Gasteiger partial charge in [0.15, 0.2) is 11.5 Å². The molecule has 3 aromatic rings. The Hall–Kier alpha value is -3.15. The zero-order valence-corrected chi connectivity index (χ0v) is 17.1. The normalized spacial score (nSPS) is 13.1. The third-order valence-electron chi connectivity index (χ3n) is 5.56. The Bertz CT molecular complexity index is 1030. The van der Waals surface area contributed by atoms with E-state index in [-0.39, 0.29) is 5.91 Å². The number of ether oxygens (including phenoxy) is 3. The molecule has 0 atom stereocenters. The van der Waals surface area contributed by atoms with Gasteiger partial charge in [0.1, 0.15) is 0 Å². The molecule has 6 heteroatoms. The van der Waals surface area contributed by atoms with E-state index in [1.165, 1.54) is 29.5 Å². The van der Waals surface area contributed by atoms with Crippen LogP contribution in [0, 0.1) is 0 Å². The highest BCUT2D eigenvalue weighted by Crippen LogP contribution is 2.38. The second-order valence-corrected chi connectivity index (χ2v) is 7.23. The maximum atomic E-state index is 13.0. The molecule has 0 spiro atoms. The highest BCUT2D eigenvalue weighted by molar-refractivity contribution is 6.06. The molecule has 0 bridgehead atoms. The lowest BCUT2D eigenvalue weighted by molar-refractivity contribution is 0.0952. The van der Waals surface area contributed by atoms with E-state index in [1.54, 1.807) is 21.3 Å². The van der Waals surface area contributed by atoms with Crippen molar-refractivity contribution in [3.8, 4) is 17.2 Å². The largest absolute Gasteiger partial charge is 0.493 e. The number of aryl methyl sites for hydroxylation is 2. The molecule has 4 rings (SSSR count). The highest BCUT2D eigenvalue weighted by atomic mass is 16.5. The van der Waals surface area contributed by atoms with Gasteiger partial charge >= 0.3 is 0 Å². The number of benzene rings is 2. The van der Waals surface area contributed by atoms with Gasteiger partial charge in [-0.15, -0.1) is 0 Å². The smallest absolute Gasteiger partial charge is 0.253 e. The summed E-state index contributed by atoms with van der Waals surface area (Å²) < 4.78 is 16.1. The fourth-order valence-corrected chi connectivity index (χ4v) is 4.13. The maximum Gasteiger partial charge on any atom is 0.253 e. The van der Waals surface area contributed by atoms with Crippen molar-refractivity contribution >= 4 is 16.8 Å². The van der Waals surface area contributed by atoms with Gasteiger partial charge in [0.2, 0.25) is 5.75 Å². The van der Waals surface area contributed by atoms with Crippen LogP contribution in [0.1, 0.15) is 40.0 Å². The number of fused-ring (bicyclic) bond motifs is 3. The monoisotopic (exact) mass is 394 g/mol. The molecule has 0 radical (unpaired) electrons. The molecule has 0 aliphatic heterocycles. The van der Waals surface area contributed by atoms with Crippen molar-refractivity contribution in [2.45, 2.75) is 32.2 Å². The van der Waals surface area contributed by atoms with Crippen LogP contribution in [0.3, 0.4) is 0 Å². The molecule has 0 saturated carbocycles. The third kappa shape index (κ3) is 3.50. The van der Waals surface area contributed by atoms with Gasteiger partial charge < -0.3 is 24.5 Å². The molecule has 1 aliphatic carbocycles. The summed E-state index contributed by atoms with van der Waals surface area (Å²) >= 11 is 0. The Morgan fingerprint density at radius 2 is 1.76 bits per heavy atom. The Morgan fingerprint density at radius 1 is 1.03 bits per heavy atom. The van der Waals surface area contributed by atoms with Crippen molar-refractivity contribution in [2.75, 3.05) is 21.3 Å². The van der Waals surface area contributed by atoms with Crippen LogP contribution in [-0.4, -0.2) is 32.2 Å². The molecule has 6 nitrogen and oxygen atoms in total. The number of hydrogen-bond donors (Lipinski definition) is 2. The van der Waals surface area contributed by atoms with Crippen molar-refractivity contribution < 1.29 is 19.0 Å². The van der Waals surface area contributed by atoms with Gasteiger partial charge in [-0.1, -0.05) is 12.1 Å². The van der Waals surface area contributed by atoms with Crippen LogP contribution in [-0.2, 0) is 19.4 Å². The third-order valence-corrected chi connectivity index (χ3v) is 5.56. The molecule has 1 amide bonds. The molecular weight excluding hydrogens is 368 g/mol. The molecule has 0 unspecified atom stereocenters. The van der Waals surface area contributed by atoms with Crippen LogP contribution in [0.2, 0.25) is 0 Å². The Labute approximate surface area is 170 Å². The zero-order valence-electron chi connectivity index (χ0n) is 17.1. The lowest BCUT2D eigenvalue weighted by atomic mass is 9.95. The molecular formula is C23H26N2O4. The molecule has 152 valence electrons. The first-order chi connectivity index (χ1) is 14.2. The Balaban J connectivity index is 1.59. The standard InChI is InChI=1S/C23H26N2O4/c1-27-19-11-14(12-20(28-2)22(19)29-3)13-24-23(26)17-9-6-8-16-15-7-4-5-10-18(15)25-21(16)17/h6,8-9,11-12,25H,4-5,7,10,13H2,1-3H3,(H,24,26). The topological polar surface area (TPSA) is 72.6 Å². The van der Waals surface area contributed by atoms with E-state index in [2.05, 4.69) is 16.4 Å². The van der Waals surface area contributed by atoms with E-state index in [1.807, 2.05) is 24.3 Å². The first-order valence-corrected chi connectivity index (χ1v) is 9.85. The summed E-state index contributed by atoms with van der Waals surface area (Å²) in [4.78, 5) is 16.5. The van der Waals surface area contributed by atoms with Gasteiger partial charge in [0.05, 0.1) is 32.4 Å². The van der Waals surface area contributed by atoms with Gasteiger partial charge in [-0.25, -0.2) is 0 Å². The number of para-hydroxylation sites is 1. The summed E-state index contributed by atoms with van der Waals surface area (Å²) in [5.41, 5.74) is 5.11. The number of aromatic amines is 1. The van der Waals surface area contributed by atoms with Gasteiger partial charge in [0, 0.05) is 17.6 Å². The number of hydrogen-bond acceptors (Lipinski definition) is 4. The minimum absolute atomic E-state index is 0.108. The predicted octanol–water partition coefficient (Wildman–Crippen LogP) is 4.00. The summed E-state index contributed by atoms with van der Waals surface area (Å²) in [5.74, 6) is 1.56. The average molecular weight is 394 g/mol. The van der Waals surface area contributed by atoms with Gasteiger partial charge in [-0.2, -0.15) is 0 Å². The summed E-state index contributed by atoms with van der Waals surface area (Å²) in [7, 11) is 4.72. The Kier molecular flexibility index (Phi) is 5.34. The second kappa shape index (κ2) is 8.07. The summed E-state index contributed by atoms with van der Waals surface area (Å²) in [6, 6.07) is 9.62. The molecule has 29 heavy (non-hydrogen) atoms. The second-order valence-electron chi connectivity index (χ2n) is 7.23. The molecule has 1 aliphatic rings. The van der Waals surface area contributed by atoms with Gasteiger partial charge in [-0.05, 0) is 55.0 Å². The summed E-state index contributed by atoms with van der Waals surface area (Å²) in [5, 5.41) is 4.18. The lowest BCUT2D eigenvalue weighted by Gasteiger charge is -2.14. The number of carbonyl (C=O) groups excluding carboxylic acids is 1. The molecule has 2 N–H and O–H groups in total.